The maximum Gasteiger partial charge on any atom is 0.308 e. The van der Waals surface area contributed by atoms with Gasteiger partial charge < -0.3 is 10.0 Å². The molecule has 0 spiro atoms. The second-order valence-electron chi connectivity index (χ2n) is 4.94. The fraction of sp³-hybridized carbons (Fsp3) is 0.429. The third-order valence-electron chi connectivity index (χ3n) is 3.74. The van der Waals surface area contributed by atoms with E-state index in [0.717, 1.165) is 0 Å². The standard InChI is InChI=1S/C14H16FNO3/c1-8-7-10(3-4-12(8)15)13(17)16-6-5-11(9(16)2)14(18)19/h3-4,7,9,11H,5-6H2,1-2H3,(H,18,19). The predicted octanol–water partition coefficient (Wildman–Crippen LogP) is 2.07. The molecule has 1 heterocycles. The Balaban J connectivity index is 2.21. The Morgan fingerprint density at radius 1 is 1.42 bits per heavy atom. The molecule has 1 aromatic rings. The molecule has 5 heteroatoms. The van der Waals surface area contributed by atoms with Crippen LogP contribution in [0.3, 0.4) is 0 Å². The van der Waals surface area contributed by atoms with Gasteiger partial charge in [-0.3, -0.25) is 9.59 Å². The average Bonchev–Trinajstić information content (AvgIpc) is 2.74. The van der Waals surface area contributed by atoms with Crippen LogP contribution in [-0.4, -0.2) is 34.5 Å². The topological polar surface area (TPSA) is 57.6 Å². The van der Waals surface area contributed by atoms with Gasteiger partial charge in [-0.2, -0.15) is 0 Å². The molecule has 1 amide bonds. The van der Waals surface area contributed by atoms with Crippen LogP contribution >= 0.6 is 0 Å². The van der Waals surface area contributed by atoms with Crippen LogP contribution < -0.4 is 0 Å². The lowest BCUT2D eigenvalue weighted by Gasteiger charge is -2.23. The van der Waals surface area contributed by atoms with Gasteiger partial charge in [0.15, 0.2) is 0 Å². The van der Waals surface area contributed by atoms with Crippen LogP contribution in [0.15, 0.2) is 18.2 Å². The van der Waals surface area contributed by atoms with Crippen LogP contribution in [0.2, 0.25) is 0 Å². The lowest BCUT2D eigenvalue weighted by atomic mass is 10.0. The molecule has 0 aliphatic carbocycles. The van der Waals surface area contributed by atoms with Crippen molar-refractivity contribution < 1.29 is 19.1 Å². The number of rotatable bonds is 2. The molecule has 1 aliphatic heterocycles. The van der Waals surface area contributed by atoms with Crippen molar-refractivity contribution in [3.8, 4) is 0 Å². The number of hydrogen-bond donors (Lipinski definition) is 1. The molecule has 1 saturated heterocycles. The van der Waals surface area contributed by atoms with Crippen molar-refractivity contribution in [2.24, 2.45) is 5.92 Å². The molecule has 19 heavy (non-hydrogen) atoms. The molecule has 0 saturated carbocycles. The van der Waals surface area contributed by atoms with E-state index in [1.807, 2.05) is 0 Å². The number of likely N-dealkylation sites (tertiary alicyclic amines) is 1. The summed E-state index contributed by atoms with van der Waals surface area (Å²) in [7, 11) is 0. The number of benzene rings is 1. The van der Waals surface area contributed by atoms with Crippen LogP contribution in [0, 0.1) is 18.7 Å². The first-order chi connectivity index (χ1) is 8.91. The minimum Gasteiger partial charge on any atom is -0.481 e. The van der Waals surface area contributed by atoms with Gasteiger partial charge in [0, 0.05) is 18.2 Å². The van der Waals surface area contributed by atoms with Crippen LogP contribution in [0.5, 0.6) is 0 Å². The molecule has 2 atom stereocenters. The normalized spacial score (nSPS) is 22.6. The van der Waals surface area contributed by atoms with Crippen molar-refractivity contribution in [2.75, 3.05) is 6.54 Å². The van der Waals surface area contributed by atoms with Gasteiger partial charge in [-0.05, 0) is 44.0 Å². The average molecular weight is 265 g/mol. The van der Waals surface area contributed by atoms with Gasteiger partial charge in [0.05, 0.1) is 5.92 Å². The Bertz CT molecular complexity index is 529. The van der Waals surface area contributed by atoms with E-state index in [-0.39, 0.29) is 17.8 Å². The van der Waals surface area contributed by atoms with E-state index < -0.39 is 11.9 Å². The first kappa shape index (κ1) is 13.5. The van der Waals surface area contributed by atoms with Gasteiger partial charge in [0.1, 0.15) is 5.82 Å². The van der Waals surface area contributed by atoms with Gasteiger partial charge in [-0.1, -0.05) is 0 Å². The van der Waals surface area contributed by atoms with E-state index in [2.05, 4.69) is 0 Å². The van der Waals surface area contributed by atoms with E-state index in [9.17, 15) is 14.0 Å². The lowest BCUT2D eigenvalue weighted by molar-refractivity contribution is -0.142. The van der Waals surface area contributed by atoms with E-state index in [1.165, 1.54) is 18.2 Å². The number of aliphatic carboxylic acids is 1. The third-order valence-corrected chi connectivity index (χ3v) is 3.74. The van der Waals surface area contributed by atoms with E-state index in [0.29, 0.717) is 24.1 Å². The van der Waals surface area contributed by atoms with Crippen molar-refractivity contribution in [2.45, 2.75) is 26.3 Å². The largest absolute Gasteiger partial charge is 0.481 e. The molecule has 2 unspecified atom stereocenters. The number of carboxylic acid groups (broad SMARTS) is 1. The summed E-state index contributed by atoms with van der Waals surface area (Å²) in [4.78, 5) is 24.9. The molecule has 1 N–H and O–H groups in total. The SMILES string of the molecule is Cc1cc(C(=O)N2CCC(C(=O)O)C2C)ccc1F. The van der Waals surface area contributed by atoms with Gasteiger partial charge in [-0.25, -0.2) is 4.39 Å². The first-order valence-corrected chi connectivity index (χ1v) is 6.21. The summed E-state index contributed by atoms with van der Waals surface area (Å²) in [5.41, 5.74) is 0.810. The van der Waals surface area contributed by atoms with E-state index in [1.54, 1.807) is 18.7 Å². The van der Waals surface area contributed by atoms with Crippen molar-refractivity contribution in [3.05, 3.63) is 35.1 Å². The Labute approximate surface area is 110 Å². The number of nitrogens with zero attached hydrogens (tertiary/aromatic N) is 1. The summed E-state index contributed by atoms with van der Waals surface area (Å²) in [6.45, 7) is 3.76. The summed E-state index contributed by atoms with van der Waals surface area (Å²) >= 11 is 0. The van der Waals surface area contributed by atoms with Gasteiger partial charge in [-0.15, -0.1) is 0 Å². The first-order valence-electron chi connectivity index (χ1n) is 6.21. The van der Waals surface area contributed by atoms with Crippen molar-refractivity contribution in [1.82, 2.24) is 4.90 Å². The molecule has 2 rings (SSSR count). The van der Waals surface area contributed by atoms with Gasteiger partial charge in [0.2, 0.25) is 0 Å². The summed E-state index contributed by atoms with van der Waals surface area (Å²) in [6, 6.07) is 3.86. The third kappa shape index (κ3) is 2.45. The van der Waals surface area contributed by atoms with Crippen LogP contribution in [0.1, 0.15) is 29.3 Å². The molecule has 0 radical (unpaired) electrons. The van der Waals surface area contributed by atoms with Gasteiger partial charge in [0.25, 0.3) is 5.91 Å². The number of carboxylic acids is 1. The Morgan fingerprint density at radius 3 is 2.63 bits per heavy atom. The fourth-order valence-corrected chi connectivity index (χ4v) is 2.50. The van der Waals surface area contributed by atoms with Gasteiger partial charge >= 0.3 is 5.97 Å². The second-order valence-corrected chi connectivity index (χ2v) is 4.94. The Morgan fingerprint density at radius 2 is 2.11 bits per heavy atom. The summed E-state index contributed by atoms with van der Waals surface area (Å²) in [5.74, 6) is -1.99. The summed E-state index contributed by atoms with van der Waals surface area (Å²) in [6.07, 6.45) is 0.461. The highest BCUT2D eigenvalue weighted by Gasteiger charge is 2.38. The van der Waals surface area contributed by atoms with Crippen LogP contribution in [-0.2, 0) is 4.79 Å². The number of halogens is 1. The molecule has 1 aromatic carbocycles. The second kappa shape index (κ2) is 4.99. The number of aryl methyl sites for hydroxylation is 1. The highest BCUT2D eigenvalue weighted by molar-refractivity contribution is 5.95. The van der Waals surface area contributed by atoms with Crippen LogP contribution in [0.25, 0.3) is 0 Å². The monoisotopic (exact) mass is 265 g/mol. The fourth-order valence-electron chi connectivity index (χ4n) is 2.50. The van der Waals surface area contributed by atoms with Crippen molar-refractivity contribution in [3.63, 3.8) is 0 Å². The Kier molecular flexibility index (Phi) is 3.55. The molecule has 102 valence electrons. The highest BCUT2D eigenvalue weighted by Crippen LogP contribution is 2.26. The molecule has 1 aliphatic rings. The zero-order chi connectivity index (χ0) is 14.2. The quantitative estimate of drug-likeness (QED) is 0.890. The zero-order valence-corrected chi connectivity index (χ0v) is 10.9. The number of carbonyl (C=O) groups excluding carboxylic acids is 1. The van der Waals surface area contributed by atoms with Crippen LogP contribution in [0.4, 0.5) is 4.39 Å². The maximum absolute atomic E-state index is 13.2. The molecular weight excluding hydrogens is 249 g/mol. The van der Waals surface area contributed by atoms with E-state index in [4.69, 9.17) is 5.11 Å². The zero-order valence-electron chi connectivity index (χ0n) is 10.9. The smallest absolute Gasteiger partial charge is 0.308 e. The number of hydrogen-bond acceptors (Lipinski definition) is 2. The minimum absolute atomic E-state index is 0.237. The highest BCUT2D eigenvalue weighted by atomic mass is 19.1. The lowest BCUT2D eigenvalue weighted by Crippen LogP contribution is -2.37. The maximum atomic E-state index is 13.2. The minimum atomic E-state index is -0.877. The summed E-state index contributed by atoms with van der Waals surface area (Å²) in [5, 5.41) is 9.05. The number of carbonyl (C=O) groups is 2. The molecule has 4 nitrogen and oxygen atoms in total. The Hall–Kier alpha value is -1.91. The molecule has 1 fully saturated rings. The molecular formula is C14H16FNO3. The molecule has 0 aromatic heterocycles. The van der Waals surface area contributed by atoms with E-state index >= 15 is 0 Å². The van der Waals surface area contributed by atoms with Crippen molar-refractivity contribution >= 4 is 11.9 Å². The number of amides is 1. The predicted molar refractivity (Wildman–Crippen MR) is 67.4 cm³/mol. The molecule has 0 bridgehead atoms. The van der Waals surface area contributed by atoms with Crippen molar-refractivity contribution in [1.29, 1.82) is 0 Å². The summed E-state index contributed by atoms with van der Waals surface area (Å²) < 4.78 is 13.2.